The van der Waals surface area contributed by atoms with Crippen LogP contribution in [0.15, 0.2) is 54.6 Å². The Balaban J connectivity index is 1.42. The summed E-state index contributed by atoms with van der Waals surface area (Å²) in [5.74, 6) is 0.647. The van der Waals surface area contributed by atoms with Gasteiger partial charge in [-0.25, -0.2) is 0 Å². The Bertz CT molecular complexity index is 736. The third kappa shape index (κ3) is 7.33. The van der Waals surface area contributed by atoms with Crippen LogP contribution in [0.4, 0.5) is 0 Å². The van der Waals surface area contributed by atoms with Crippen molar-refractivity contribution in [3.8, 4) is 5.75 Å². The van der Waals surface area contributed by atoms with E-state index in [9.17, 15) is 4.79 Å². The van der Waals surface area contributed by atoms with E-state index in [2.05, 4.69) is 10.2 Å². The number of amides is 1. The maximum atomic E-state index is 12.2. The van der Waals surface area contributed by atoms with Crippen molar-refractivity contribution in [2.75, 3.05) is 52.7 Å². The molecule has 0 aromatic heterocycles. The zero-order valence-corrected chi connectivity index (χ0v) is 17.1. The van der Waals surface area contributed by atoms with Crippen molar-refractivity contribution in [2.24, 2.45) is 0 Å². The summed E-state index contributed by atoms with van der Waals surface area (Å²) in [5.41, 5.74) is 1.12. The maximum absolute atomic E-state index is 12.2. The Morgan fingerprint density at radius 2 is 1.79 bits per heavy atom. The highest BCUT2D eigenvalue weighted by Crippen LogP contribution is 2.23. The molecule has 1 amide bonds. The molecule has 0 bridgehead atoms. The SMILES string of the molecule is O=C(COCCOc1ccccc1)NCC(c1ccc(Cl)cc1)N1CCOCC1. The molecule has 0 radical (unpaired) electrons. The van der Waals surface area contributed by atoms with Crippen molar-refractivity contribution in [3.63, 3.8) is 0 Å². The number of hydrogen-bond donors (Lipinski definition) is 1. The average molecular weight is 419 g/mol. The lowest BCUT2D eigenvalue weighted by atomic mass is 10.0. The van der Waals surface area contributed by atoms with Crippen molar-refractivity contribution in [1.29, 1.82) is 0 Å². The second kappa shape index (κ2) is 11.8. The molecule has 2 aromatic rings. The number of nitrogens with one attached hydrogen (secondary N) is 1. The number of rotatable bonds is 10. The second-order valence-corrected chi connectivity index (χ2v) is 7.17. The molecule has 156 valence electrons. The summed E-state index contributed by atoms with van der Waals surface area (Å²) in [7, 11) is 0. The molecule has 1 atom stereocenters. The van der Waals surface area contributed by atoms with E-state index in [0.717, 1.165) is 24.4 Å². The number of para-hydroxylation sites is 1. The first-order valence-electron chi connectivity index (χ1n) is 9.82. The van der Waals surface area contributed by atoms with Gasteiger partial charge in [-0.15, -0.1) is 0 Å². The van der Waals surface area contributed by atoms with Crippen LogP contribution in [0.3, 0.4) is 0 Å². The van der Waals surface area contributed by atoms with Crippen molar-refractivity contribution < 1.29 is 19.0 Å². The third-order valence-corrected chi connectivity index (χ3v) is 4.96. The van der Waals surface area contributed by atoms with Crippen molar-refractivity contribution in [1.82, 2.24) is 10.2 Å². The van der Waals surface area contributed by atoms with Gasteiger partial charge in [0.2, 0.25) is 5.91 Å². The number of hydrogen-bond acceptors (Lipinski definition) is 5. The molecule has 29 heavy (non-hydrogen) atoms. The minimum Gasteiger partial charge on any atom is -0.491 e. The molecular weight excluding hydrogens is 392 g/mol. The van der Waals surface area contributed by atoms with Gasteiger partial charge in [0.05, 0.1) is 25.9 Å². The number of carbonyl (C=O) groups is 1. The molecule has 1 aliphatic rings. The quantitative estimate of drug-likeness (QED) is 0.601. The van der Waals surface area contributed by atoms with Gasteiger partial charge in [0.15, 0.2) is 0 Å². The first kappa shape index (κ1) is 21.6. The van der Waals surface area contributed by atoms with Gasteiger partial charge in [0.1, 0.15) is 19.0 Å². The highest BCUT2D eigenvalue weighted by molar-refractivity contribution is 6.30. The number of benzene rings is 2. The fourth-order valence-electron chi connectivity index (χ4n) is 3.19. The van der Waals surface area contributed by atoms with Crippen LogP contribution in [0.1, 0.15) is 11.6 Å². The summed E-state index contributed by atoms with van der Waals surface area (Å²) in [4.78, 5) is 14.5. The van der Waals surface area contributed by atoms with Gasteiger partial charge in [0, 0.05) is 24.7 Å². The average Bonchev–Trinajstić information content (AvgIpc) is 2.76. The third-order valence-electron chi connectivity index (χ3n) is 4.71. The lowest BCUT2D eigenvalue weighted by Gasteiger charge is -2.35. The molecule has 1 saturated heterocycles. The smallest absolute Gasteiger partial charge is 0.246 e. The van der Waals surface area contributed by atoms with Crippen LogP contribution in [0.25, 0.3) is 0 Å². The molecule has 7 heteroatoms. The number of halogens is 1. The summed E-state index contributed by atoms with van der Waals surface area (Å²) in [5, 5.41) is 3.68. The highest BCUT2D eigenvalue weighted by Gasteiger charge is 2.23. The first-order chi connectivity index (χ1) is 14.2. The molecule has 1 N–H and O–H groups in total. The lowest BCUT2D eigenvalue weighted by molar-refractivity contribution is -0.126. The summed E-state index contributed by atoms with van der Waals surface area (Å²) in [6.07, 6.45) is 0. The van der Waals surface area contributed by atoms with Crippen LogP contribution < -0.4 is 10.1 Å². The fraction of sp³-hybridized carbons (Fsp3) is 0.409. The van der Waals surface area contributed by atoms with Crippen molar-refractivity contribution in [2.45, 2.75) is 6.04 Å². The molecule has 0 aliphatic carbocycles. The molecule has 1 aliphatic heterocycles. The Morgan fingerprint density at radius 3 is 2.52 bits per heavy atom. The van der Waals surface area contributed by atoms with E-state index >= 15 is 0 Å². The summed E-state index contributed by atoms with van der Waals surface area (Å²) >= 11 is 6.02. The van der Waals surface area contributed by atoms with Gasteiger partial charge in [-0.2, -0.15) is 0 Å². The topological polar surface area (TPSA) is 60.0 Å². The van der Waals surface area contributed by atoms with Crippen LogP contribution in [0.2, 0.25) is 5.02 Å². The van der Waals surface area contributed by atoms with Crippen LogP contribution in [0.5, 0.6) is 5.75 Å². The second-order valence-electron chi connectivity index (χ2n) is 6.73. The molecule has 0 spiro atoms. The number of ether oxygens (including phenoxy) is 3. The molecule has 1 fully saturated rings. The number of nitrogens with zero attached hydrogens (tertiary/aromatic N) is 1. The highest BCUT2D eigenvalue weighted by atomic mass is 35.5. The lowest BCUT2D eigenvalue weighted by Crippen LogP contribution is -2.44. The van der Waals surface area contributed by atoms with Crippen molar-refractivity contribution >= 4 is 17.5 Å². The predicted octanol–water partition coefficient (Wildman–Crippen LogP) is 2.93. The largest absolute Gasteiger partial charge is 0.491 e. The van der Waals surface area contributed by atoms with E-state index < -0.39 is 0 Å². The van der Waals surface area contributed by atoms with Crippen LogP contribution in [-0.2, 0) is 14.3 Å². The predicted molar refractivity (Wildman–Crippen MR) is 112 cm³/mol. The molecule has 0 saturated carbocycles. The normalized spacial score (nSPS) is 15.6. The van der Waals surface area contributed by atoms with E-state index in [4.69, 9.17) is 25.8 Å². The van der Waals surface area contributed by atoms with Gasteiger partial charge < -0.3 is 19.5 Å². The van der Waals surface area contributed by atoms with Gasteiger partial charge in [-0.1, -0.05) is 41.9 Å². The Morgan fingerprint density at radius 1 is 1.07 bits per heavy atom. The molecule has 1 heterocycles. The molecular formula is C22H27ClN2O4. The van der Waals surface area contributed by atoms with E-state index in [0.29, 0.717) is 38.0 Å². The van der Waals surface area contributed by atoms with E-state index in [1.165, 1.54) is 0 Å². The summed E-state index contributed by atoms with van der Waals surface area (Å²) in [6.45, 7) is 4.32. The van der Waals surface area contributed by atoms with Gasteiger partial charge in [-0.3, -0.25) is 9.69 Å². The van der Waals surface area contributed by atoms with Crippen LogP contribution in [-0.4, -0.2) is 63.5 Å². The summed E-state index contributed by atoms with van der Waals surface area (Å²) < 4.78 is 16.4. The van der Waals surface area contributed by atoms with Gasteiger partial charge in [0.25, 0.3) is 0 Å². The van der Waals surface area contributed by atoms with Gasteiger partial charge >= 0.3 is 0 Å². The fourth-order valence-corrected chi connectivity index (χ4v) is 3.32. The zero-order chi connectivity index (χ0) is 20.3. The van der Waals surface area contributed by atoms with Gasteiger partial charge in [-0.05, 0) is 29.8 Å². The zero-order valence-electron chi connectivity index (χ0n) is 16.4. The first-order valence-corrected chi connectivity index (χ1v) is 10.2. The summed E-state index contributed by atoms with van der Waals surface area (Å²) in [6, 6.07) is 17.4. The minimum atomic E-state index is -0.142. The van der Waals surface area contributed by atoms with E-state index in [-0.39, 0.29) is 18.6 Å². The van der Waals surface area contributed by atoms with E-state index in [1.54, 1.807) is 0 Å². The van der Waals surface area contributed by atoms with Crippen LogP contribution in [0, 0.1) is 0 Å². The van der Waals surface area contributed by atoms with Crippen LogP contribution >= 0.6 is 11.6 Å². The van der Waals surface area contributed by atoms with Crippen molar-refractivity contribution in [3.05, 3.63) is 65.2 Å². The Labute approximate surface area is 176 Å². The molecule has 3 rings (SSSR count). The monoisotopic (exact) mass is 418 g/mol. The Hall–Kier alpha value is -2.12. The number of morpholine rings is 1. The molecule has 6 nitrogen and oxygen atoms in total. The number of carbonyl (C=O) groups excluding carboxylic acids is 1. The maximum Gasteiger partial charge on any atom is 0.246 e. The molecule has 2 aromatic carbocycles. The molecule has 1 unspecified atom stereocenters. The van der Waals surface area contributed by atoms with E-state index in [1.807, 2.05) is 54.6 Å². The minimum absolute atomic E-state index is 0.00853. The standard InChI is InChI=1S/C22H27ClN2O4/c23-19-8-6-18(7-9-19)21(25-10-12-27-13-11-25)16-24-22(26)17-28-14-15-29-20-4-2-1-3-5-20/h1-9,21H,10-17H2,(H,24,26). The Kier molecular flexibility index (Phi) is 8.77.